The van der Waals surface area contributed by atoms with Crippen LogP contribution in [0.15, 0.2) is 18.2 Å². The highest BCUT2D eigenvalue weighted by atomic mass is 35.5. The van der Waals surface area contributed by atoms with Gasteiger partial charge in [0, 0.05) is 23.7 Å². The average molecular weight is 362 g/mol. The Balaban J connectivity index is 0.00000484. The standard InChI is InChI=1S/C16H24ClN3O2.ClH/c1-10(2)9-13(18)16(22)19-8-7-15(21)20-14-6-4-5-12(17)11(14)3;/h4-6,10,13H,7-9,18H2,1-3H3,(H,19,22)(H,20,21);1H/t13-;/m0./s1. The summed E-state index contributed by atoms with van der Waals surface area (Å²) in [6.07, 6.45) is 0.811. The zero-order chi connectivity index (χ0) is 16.7. The molecule has 130 valence electrons. The summed E-state index contributed by atoms with van der Waals surface area (Å²) in [5, 5.41) is 6.06. The van der Waals surface area contributed by atoms with Gasteiger partial charge in [-0.05, 0) is 37.0 Å². The van der Waals surface area contributed by atoms with E-state index in [4.69, 9.17) is 17.3 Å². The first kappa shape index (κ1) is 21.7. The summed E-state index contributed by atoms with van der Waals surface area (Å²) in [6.45, 7) is 6.11. The highest BCUT2D eigenvalue weighted by Crippen LogP contribution is 2.22. The third-order valence-electron chi connectivity index (χ3n) is 3.26. The van der Waals surface area contributed by atoms with Crippen LogP contribution in [0.5, 0.6) is 0 Å². The maximum atomic E-state index is 11.9. The number of carbonyl (C=O) groups is 2. The molecule has 0 bridgehead atoms. The lowest BCUT2D eigenvalue weighted by molar-refractivity contribution is -0.122. The van der Waals surface area contributed by atoms with Gasteiger partial charge in [0.25, 0.3) is 0 Å². The van der Waals surface area contributed by atoms with Gasteiger partial charge in [-0.1, -0.05) is 31.5 Å². The summed E-state index contributed by atoms with van der Waals surface area (Å²) in [6, 6.07) is 4.80. The summed E-state index contributed by atoms with van der Waals surface area (Å²) < 4.78 is 0. The molecule has 7 heteroatoms. The number of rotatable bonds is 7. The molecule has 0 aliphatic heterocycles. The quantitative estimate of drug-likeness (QED) is 0.697. The summed E-state index contributed by atoms with van der Waals surface area (Å²) in [5.41, 5.74) is 7.27. The van der Waals surface area contributed by atoms with Crippen molar-refractivity contribution < 1.29 is 9.59 Å². The third-order valence-corrected chi connectivity index (χ3v) is 3.66. The smallest absolute Gasteiger partial charge is 0.236 e. The lowest BCUT2D eigenvalue weighted by Crippen LogP contribution is -2.42. The van der Waals surface area contributed by atoms with Gasteiger partial charge < -0.3 is 16.4 Å². The second-order valence-electron chi connectivity index (χ2n) is 5.74. The first-order chi connectivity index (χ1) is 10.3. The SMILES string of the molecule is Cc1c(Cl)cccc1NC(=O)CCNC(=O)[C@@H](N)CC(C)C.Cl. The van der Waals surface area contributed by atoms with E-state index in [9.17, 15) is 9.59 Å². The number of hydrogen-bond donors (Lipinski definition) is 3. The second kappa shape index (κ2) is 10.5. The van der Waals surface area contributed by atoms with Crippen LogP contribution in [0, 0.1) is 12.8 Å². The molecule has 1 aromatic carbocycles. The molecule has 1 aromatic rings. The Morgan fingerprint density at radius 3 is 2.57 bits per heavy atom. The molecule has 1 rings (SSSR count). The molecule has 0 heterocycles. The molecule has 0 saturated carbocycles. The van der Waals surface area contributed by atoms with Crippen molar-refractivity contribution >= 4 is 41.5 Å². The van der Waals surface area contributed by atoms with Crippen LogP contribution in [0.2, 0.25) is 5.02 Å². The average Bonchev–Trinajstić information content (AvgIpc) is 2.43. The van der Waals surface area contributed by atoms with Crippen LogP contribution in [0.1, 0.15) is 32.3 Å². The van der Waals surface area contributed by atoms with Crippen LogP contribution in [-0.4, -0.2) is 24.4 Å². The van der Waals surface area contributed by atoms with Gasteiger partial charge in [0.05, 0.1) is 6.04 Å². The predicted octanol–water partition coefficient (Wildman–Crippen LogP) is 2.89. The summed E-state index contributed by atoms with van der Waals surface area (Å²) in [7, 11) is 0. The molecular weight excluding hydrogens is 337 g/mol. The van der Waals surface area contributed by atoms with E-state index in [2.05, 4.69) is 10.6 Å². The molecule has 0 aromatic heterocycles. The summed E-state index contributed by atoms with van der Waals surface area (Å²) in [5.74, 6) is -0.0432. The van der Waals surface area contributed by atoms with Crippen molar-refractivity contribution in [3.8, 4) is 0 Å². The zero-order valence-electron chi connectivity index (χ0n) is 13.7. The Morgan fingerprint density at radius 1 is 1.30 bits per heavy atom. The molecule has 23 heavy (non-hydrogen) atoms. The van der Waals surface area contributed by atoms with E-state index >= 15 is 0 Å². The molecule has 0 aliphatic rings. The van der Waals surface area contributed by atoms with Crippen molar-refractivity contribution in [3.05, 3.63) is 28.8 Å². The Morgan fingerprint density at radius 2 is 1.96 bits per heavy atom. The van der Waals surface area contributed by atoms with Gasteiger partial charge in [0.15, 0.2) is 0 Å². The van der Waals surface area contributed by atoms with Gasteiger partial charge in [-0.25, -0.2) is 0 Å². The van der Waals surface area contributed by atoms with Gasteiger partial charge in [0.2, 0.25) is 11.8 Å². The van der Waals surface area contributed by atoms with E-state index in [0.717, 1.165) is 5.56 Å². The molecule has 0 spiro atoms. The van der Waals surface area contributed by atoms with Crippen LogP contribution >= 0.6 is 24.0 Å². The fourth-order valence-electron chi connectivity index (χ4n) is 2.00. The second-order valence-corrected chi connectivity index (χ2v) is 6.14. The Kier molecular flexibility index (Phi) is 9.88. The lowest BCUT2D eigenvalue weighted by atomic mass is 10.0. The minimum atomic E-state index is -0.529. The van der Waals surface area contributed by atoms with Crippen LogP contribution in [-0.2, 0) is 9.59 Å². The van der Waals surface area contributed by atoms with Crippen molar-refractivity contribution in [2.45, 2.75) is 39.7 Å². The highest BCUT2D eigenvalue weighted by Gasteiger charge is 2.15. The molecule has 0 saturated heterocycles. The van der Waals surface area contributed by atoms with E-state index in [-0.39, 0.29) is 37.2 Å². The van der Waals surface area contributed by atoms with Gasteiger partial charge in [-0.2, -0.15) is 0 Å². The Bertz CT molecular complexity index is 536. The maximum Gasteiger partial charge on any atom is 0.236 e. The first-order valence-electron chi connectivity index (χ1n) is 7.39. The summed E-state index contributed by atoms with van der Waals surface area (Å²) in [4.78, 5) is 23.6. The van der Waals surface area contributed by atoms with E-state index < -0.39 is 6.04 Å². The fraction of sp³-hybridized carbons (Fsp3) is 0.500. The monoisotopic (exact) mass is 361 g/mol. The van der Waals surface area contributed by atoms with Gasteiger partial charge in [-0.3, -0.25) is 9.59 Å². The van der Waals surface area contributed by atoms with E-state index in [1.54, 1.807) is 18.2 Å². The van der Waals surface area contributed by atoms with E-state index in [1.165, 1.54) is 0 Å². The van der Waals surface area contributed by atoms with Crippen molar-refractivity contribution in [2.24, 2.45) is 11.7 Å². The fourth-order valence-corrected chi connectivity index (χ4v) is 2.18. The predicted molar refractivity (Wildman–Crippen MR) is 97.1 cm³/mol. The Labute approximate surface area is 148 Å². The highest BCUT2D eigenvalue weighted by molar-refractivity contribution is 6.31. The molecule has 0 unspecified atom stereocenters. The molecule has 1 atom stereocenters. The summed E-state index contributed by atoms with van der Waals surface area (Å²) >= 11 is 6.00. The minimum absolute atomic E-state index is 0. The van der Waals surface area contributed by atoms with Crippen LogP contribution in [0.3, 0.4) is 0 Å². The van der Waals surface area contributed by atoms with Gasteiger partial charge in [-0.15, -0.1) is 12.4 Å². The minimum Gasteiger partial charge on any atom is -0.354 e. The van der Waals surface area contributed by atoms with Gasteiger partial charge in [0.1, 0.15) is 0 Å². The Hall–Kier alpha value is -1.30. The van der Waals surface area contributed by atoms with Crippen LogP contribution < -0.4 is 16.4 Å². The molecular formula is C16H25Cl2N3O2. The van der Waals surface area contributed by atoms with Gasteiger partial charge >= 0.3 is 0 Å². The van der Waals surface area contributed by atoms with Crippen molar-refractivity contribution in [1.29, 1.82) is 0 Å². The number of nitrogens with two attached hydrogens (primary N) is 1. The number of anilines is 1. The lowest BCUT2D eigenvalue weighted by Gasteiger charge is -2.14. The normalized spacial score (nSPS) is 11.6. The van der Waals surface area contributed by atoms with Crippen molar-refractivity contribution in [2.75, 3.05) is 11.9 Å². The number of nitrogens with one attached hydrogen (secondary N) is 2. The van der Waals surface area contributed by atoms with Crippen molar-refractivity contribution in [3.63, 3.8) is 0 Å². The number of amides is 2. The molecule has 5 nitrogen and oxygen atoms in total. The number of hydrogen-bond acceptors (Lipinski definition) is 3. The first-order valence-corrected chi connectivity index (χ1v) is 7.77. The van der Waals surface area contributed by atoms with Crippen LogP contribution in [0.25, 0.3) is 0 Å². The molecule has 4 N–H and O–H groups in total. The molecule has 0 aliphatic carbocycles. The maximum absolute atomic E-state index is 11.9. The van der Waals surface area contributed by atoms with Crippen molar-refractivity contribution in [1.82, 2.24) is 5.32 Å². The number of benzene rings is 1. The topological polar surface area (TPSA) is 84.2 Å². The van der Waals surface area contributed by atoms with E-state index in [1.807, 2.05) is 20.8 Å². The zero-order valence-corrected chi connectivity index (χ0v) is 15.3. The number of halogens is 2. The molecule has 0 fully saturated rings. The molecule has 0 radical (unpaired) electrons. The van der Waals surface area contributed by atoms with E-state index in [0.29, 0.717) is 23.0 Å². The number of carbonyl (C=O) groups excluding carboxylic acids is 2. The van der Waals surface area contributed by atoms with Crippen LogP contribution in [0.4, 0.5) is 5.69 Å². The largest absolute Gasteiger partial charge is 0.354 e. The third kappa shape index (κ3) is 7.68. The molecule has 2 amide bonds.